The Labute approximate surface area is 128 Å². The molecule has 0 spiro atoms. The minimum atomic E-state index is -4.21. The van der Waals surface area contributed by atoms with E-state index < -0.39 is 12.1 Å². The Hall–Kier alpha value is -1.72. The van der Waals surface area contributed by atoms with Crippen molar-refractivity contribution in [1.29, 1.82) is 0 Å². The summed E-state index contributed by atoms with van der Waals surface area (Å²) < 4.78 is 43.2. The monoisotopic (exact) mass is 315 g/mol. The first-order chi connectivity index (χ1) is 10.4. The minimum absolute atomic E-state index is 0.00899. The maximum Gasteiger partial charge on any atom is 0.393 e. The predicted octanol–water partition coefficient (Wildman–Crippen LogP) is 3.43. The van der Waals surface area contributed by atoms with E-state index in [0.717, 1.165) is 11.3 Å². The molecule has 1 aromatic carbocycles. The Kier molecular flexibility index (Phi) is 5.32. The average molecular weight is 315 g/mol. The van der Waals surface area contributed by atoms with E-state index in [-0.39, 0.29) is 31.8 Å². The maximum absolute atomic E-state index is 12.6. The first kappa shape index (κ1) is 16.6. The Morgan fingerprint density at radius 3 is 2.82 bits per heavy atom. The second-order valence-corrected chi connectivity index (χ2v) is 5.45. The van der Waals surface area contributed by atoms with Gasteiger partial charge in [-0.15, -0.1) is 0 Å². The summed E-state index contributed by atoms with van der Waals surface area (Å²) in [6, 6.07) is 7.43. The summed E-state index contributed by atoms with van der Waals surface area (Å²) in [6.07, 6.45) is -3.47. The van der Waals surface area contributed by atoms with Gasteiger partial charge in [0, 0.05) is 19.5 Å². The Morgan fingerprint density at radius 1 is 1.41 bits per heavy atom. The summed E-state index contributed by atoms with van der Waals surface area (Å²) in [5.74, 6) is -0.850. The Balaban J connectivity index is 1.84. The van der Waals surface area contributed by atoms with Crippen molar-refractivity contribution in [3.05, 3.63) is 29.8 Å². The van der Waals surface area contributed by atoms with Crippen LogP contribution in [0.1, 0.15) is 25.3 Å². The zero-order chi connectivity index (χ0) is 16.2. The molecule has 0 bridgehead atoms. The molecule has 1 atom stereocenters. The second kappa shape index (κ2) is 7.03. The fraction of sp³-hybridized carbons (Fsp3) is 0.562. The van der Waals surface area contributed by atoms with E-state index in [9.17, 15) is 18.0 Å². The number of hydrogen-bond donors (Lipinski definition) is 0. The van der Waals surface area contributed by atoms with Crippen LogP contribution in [0, 0.1) is 5.92 Å². The molecule has 22 heavy (non-hydrogen) atoms. The highest BCUT2D eigenvalue weighted by Crippen LogP contribution is 2.33. The van der Waals surface area contributed by atoms with Gasteiger partial charge in [-0.05, 0) is 37.5 Å². The molecule has 0 radical (unpaired) electrons. The van der Waals surface area contributed by atoms with E-state index in [1.807, 2.05) is 31.2 Å². The standard InChI is InChI=1S/C16H20F3NO2/c1-2-22-14-5-3-4-12(10-14)6-7-15(21)20-9-8-13(11-20)16(17,18)19/h3-5,10,13H,2,6-9,11H2,1H3/t13-/m1/s1. The number of hydrogen-bond acceptors (Lipinski definition) is 2. The second-order valence-electron chi connectivity index (χ2n) is 5.45. The van der Waals surface area contributed by atoms with Crippen LogP contribution >= 0.6 is 0 Å². The molecular formula is C16H20F3NO2. The molecule has 2 rings (SSSR count). The lowest BCUT2D eigenvalue weighted by atomic mass is 10.1. The highest BCUT2D eigenvalue weighted by molar-refractivity contribution is 5.76. The molecule has 1 saturated heterocycles. The first-order valence-electron chi connectivity index (χ1n) is 7.46. The number of nitrogens with zero attached hydrogens (tertiary/aromatic N) is 1. The average Bonchev–Trinajstić information content (AvgIpc) is 2.95. The summed E-state index contributed by atoms with van der Waals surface area (Å²) in [6.45, 7) is 2.44. The number of aryl methyl sites for hydroxylation is 1. The molecule has 0 saturated carbocycles. The van der Waals surface area contributed by atoms with Crippen LogP contribution in [0.5, 0.6) is 5.75 Å². The van der Waals surface area contributed by atoms with Crippen molar-refractivity contribution < 1.29 is 22.7 Å². The number of halogens is 3. The number of amides is 1. The topological polar surface area (TPSA) is 29.5 Å². The minimum Gasteiger partial charge on any atom is -0.494 e. The molecule has 0 aromatic heterocycles. The van der Waals surface area contributed by atoms with Crippen molar-refractivity contribution in [2.24, 2.45) is 5.92 Å². The molecule has 0 aliphatic carbocycles. The molecule has 3 nitrogen and oxygen atoms in total. The van der Waals surface area contributed by atoms with Gasteiger partial charge in [-0.3, -0.25) is 4.79 Å². The molecule has 1 aliphatic heterocycles. The Bertz CT molecular complexity index is 516. The van der Waals surface area contributed by atoms with E-state index in [0.29, 0.717) is 13.0 Å². The van der Waals surface area contributed by atoms with Gasteiger partial charge in [-0.1, -0.05) is 12.1 Å². The van der Waals surface area contributed by atoms with Gasteiger partial charge in [0.25, 0.3) is 0 Å². The highest BCUT2D eigenvalue weighted by atomic mass is 19.4. The number of benzene rings is 1. The summed E-state index contributed by atoms with van der Waals surface area (Å²) in [5, 5.41) is 0. The molecule has 122 valence electrons. The fourth-order valence-corrected chi connectivity index (χ4v) is 2.62. The van der Waals surface area contributed by atoms with Gasteiger partial charge < -0.3 is 9.64 Å². The van der Waals surface area contributed by atoms with Gasteiger partial charge in [-0.2, -0.15) is 13.2 Å². The number of ether oxygens (including phenoxy) is 1. The van der Waals surface area contributed by atoms with Crippen molar-refractivity contribution in [3.8, 4) is 5.75 Å². The van der Waals surface area contributed by atoms with Gasteiger partial charge in [0.15, 0.2) is 0 Å². The number of rotatable bonds is 5. The molecule has 0 N–H and O–H groups in total. The van der Waals surface area contributed by atoms with E-state index in [1.165, 1.54) is 4.90 Å². The van der Waals surface area contributed by atoms with Crippen molar-refractivity contribution in [2.75, 3.05) is 19.7 Å². The number of carbonyl (C=O) groups excluding carboxylic acids is 1. The van der Waals surface area contributed by atoms with Crippen LogP contribution in [0.15, 0.2) is 24.3 Å². The van der Waals surface area contributed by atoms with Crippen molar-refractivity contribution in [1.82, 2.24) is 4.90 Å². The number of likely N-dealkylation sites (tertiary alicyclic amines) is 1. The SMILES string of the molecule is CCOc1cccc(CCC(=O)N2CC[C@@H](C(F)(F)F)C2)c1. The number of alkyl halides is 3. The van der Waals surface area contributed by atoms with E-state index >= 15 is 0 Å². The van der Waals surface area contributed by atoms with Crippen molar-refractivity contribution in [2.45, 2.75) is 32.4 Å². The normalized spacial score (nSPS) is 18.5. The molecule has 1 aliphatic rings. The van der Waals surface area contributed by atoms with Crippen LogP contribution in [0.4, 0.5) is 13.2 Å². The lowest BCUT2D eigenvalue weighted by molar-refractivity contribution is -0.171. The van der Waals surface area contributed by atoms with Gasteiger partial charge >= 0.3 is 6.18 Å². The van der Waals surface area contributed by atoms with Crippen LogP contribution in [0.3, 0.4) is 0 Å². The zero-order valence-electron chi connectivity index (χ0n) is 12.5. The molecule has 1 fully saturated rings. The molecule has 6 heteroatoms. The summed E-state index contributed by atoms with van der Waals surface area (Å²) in [4.78, 5) is 13.4. The number of carbonyl (C=O) groups is 1. The molecule has 0 unspecified atom stereocenters. The highest BCUT2D eigenvalue weighted by Gasteiger charge is 2.44. The lowest BCUT2D eigenvalue weighted by Gasteiger charge is -2.18. The van der Waals surface area contributed by atoms with Gasteiger partial charge in [0.2, 0.25) is 5.91 Å². The van der Waals surface area contributed by atoms with Crippen LogP contribution in [-0.4, -0.2) is 36.7 Å². The maximum atomic E-state index is 12.6. The third kappa shape index (κ3) is 4.39. The van der Waals surface area contributed by atoms with E-state index in [1.54, 1.807) is 0 Å². The van der Waals surface area contributed by atoms with E-state index in [4.69, 9.17) is 4.74 Å². The van der Waals surface area contributed by atoms with Gasteiger partial charge in [0.05, 0.1) is 12.5 Å². The third-order valence-electron chi connectivity index (χ3n) is 3.84. The fourth-order valence-electron chi connectivity index (χ4n) is 2.62. The predicted molar refractivity (Wildman–Crippen MR) is 76.7 cm³/mol. The van der Waals surface area contributed by atoms with Crippen molar-refractivity contribution >= 4 is 5.91 Å². The summed E-state index contributed by atoms with van der Waals surface area (Å²) in [5.41, 5.74) is 0.950. The summed E-state index contributed by atoms with van der Waals surface area (Å²) in [7, 11) is 0. The van der Waals surface area contributed by atoms with Gasteiger partial charge in [0.1, 0.15) is 5.75 Å². The Morgan fingerprint density at radius 2 is 2.18 bits per heavy atom. The van der Waals surface area contributed by atoms with Crippen LogP contribution in [-0.2, 0) is 11.2 Å². The van der Waals surface area contributed by atoms with Crippen LogP contribution < -0.4 is 4.74 Å². The molecule has 1 aromatic rings. The van der Waals surface area contributed by atoms with Crippen LogP contribution in [0.2, 0.25) is 0 Å². The quantitative estimate of drug-likeness (QED) is 0.833. The van der Waals surface area contributed by atoms with E-state index in [2.05, 4.69) is 0 Å². The van der Waals surface area contributed by atoms with Crippen molar-refractivity contribution in [3.63, 3.8) is 0 Å². The third-order valence-corrected chi connectivity index (χ3v) is 3.84. The smallest absolute Gasteiger partial charge is 0.393 e. The zero-order valence-corrected chi connectivity index (χ0v) is 12.5. The first-order valence-corrected chi connectivity index (χ1v) is 7.46. The lowest BCUT2D eigenvalue weighted by Crippen LogP contribution is -2.32. The van der Waals surface area contributed by atoms with Gasteiger partial charge in [-0.25, -0.2) is 0 Å². The molecule has 1 amide bonds. The molecular weight excluding hydrogens is 295 g/mol. The van der Waals surface area contributed by atoms with Crippen LogP contribution in [0.25, 0.3) is 0 Å². The molecule has 1 heterocycles. The summed E-state index contributed by atoms with van der Waals surface area (Å²) >= 11 is 0. The largest absolute Gasteiger partial charge is 0.494 e.